The number of carbonyl (C=O) groups excluding carboxylic acids is 1. The van der Waals surface area contributed by atoms with Crippen molar-refractivity contribution in [1.82, 2.24) is 0 Å². The number of benzene rings is 2. The molecule has 0 saturated carbocycles. The molecule has 0 aliphatic carbocycles. The Balaban J connectivity index is 1.66. The van der Waals surface area contributed by atoms with E-state index in [1.54, 1.807) is 19.2 Å². The first kappa shape index (κ1) is 20.3. The molecule has 2 aliphatic rings. The van der Waals surface area contributed by atoms with Crippen LogP contribution in [0, 0.1) is 0 Å². The van der Waals surface area contributed by atoms with Crippen LogP contribution in [0.25, 0.3) is 0 Å². The van der Waals surface area contributed by atoms with Crippen molar-refractivity contribution in [2.75, 3.05) is 34.0 Å². The third-order valence-corrected chi connectivity index (χ3v) is 6.62. The van der Waals surface area contributed by atoms with E-state index in [0.29, 0.717) is 11.4 Å². The monoisotopic (exact) mass is 430 g/mol. The summed E-state index contributed by atoms with van der Waals surface area (Å²) in [5.74, 6) is 0.608. The zero-order valence-corrected chi connectivity index (χ0v) is 18.2. The van der Waals surface area contributed by atoms with E-state index in [1.807, 2.05) is 26.0 Å². The van der Waals surface area contributed by atoms with Crippen molar-refractivity contribution >= 4 is 38.7 Å². The summed E-state index contributed by atoms with van der Waals surface area (Å²) in [5.41, 5.74) is 4.45. The van der Waals surface area contributed by atoms with Crippen LogP contribution >= 0.6 is 0 Å². The molecule has 1 atom stereocenters. The Bertz CT molecular complexity index is 1130. The van der Waals surface area contributed by atoms with Crippen LogP contribution in [0.5, 0.6) is 5.75 Å². The summed E-state index contributed by atoms with van der Waals surface area (Å²) in [5, 5.41) is 9.90. The maximum Gasteiger partial charge on any atom is 0.235 e. The van der Waals surface area contributed by atoms with Crippen LogP contribution in [0.15, 0.2) is 30.3 Å². The molecule has 0 fully saturated rings. The molecule has 1 amide bonds. The van der Waals surface area contributed by atoms with E-state index >= 15 is 0 Å². The highest BCUT2D eigenvalue weighted by Crippen LogP contribution is 2.49. The van der Waals surface area contributed by atoms with Gasteiger partial charge in [-0.2, -0.15) is 0 Å². The van der Waals surface area contributed by atoms with Gasteiger partial charge in [-0.1, -0.05) is 13.8 Å². The SMILES string of the molecule is CCC1(CC)C(=O)Nc2cc3c(cc21)NC(c1ccc(NS(C)(=O)=O)cc1OC)N3. The molecule has 0 bridgehead atoms. The average molecular weight is 431 g/mol. The normalized spacial score (nSPS) is 18.7. The molecular formula is C21H26N4O4S. The number of anilines is 4. The molecule has 2 aliphatic heterocycles. The van der Waals surface area contributed by atoms with Gasteiger partial charge in [0.15, 0.2) is 0 Å². The summed E-state index contributed by atoms with van der Waals surface area (Å²) in [6, 6.07) is 9.19. The number of ether oxygens (including phenoxy) is 1. The van der Waals surface area contributed by atoms with Crippen LogP contribution in [0.4, 0.5) is 22.7 Å². The number of amides is 1. The number of rotatable bonds is 6. The minimum absolute atomic E-state index is 0.0540. The zero-order valence-electron chi connectivity index (χ0n) is 17.4. The standard InChI is InChI=1S/C21H26N4O4S/c1-5-21(6-2)14-10-16-17(11-15(14)24-20(21)26)23-19(22-16)13-8-7-12(9-18(13)29-3)25-30(4,27)28/h7-11,19,22-23,25H,5-6H2,1-4H3,(H,24,26). The highest BCUT2D eigenvalue weighted by atomic mass is 32.2. The third kappa shape index (κ3) is 3.23. The average Bonchev–Trinajstić information content (AvgIpc) is 3.22. The maximum atomic E-state index is 12.6. The van der Waals surface area contributed by atoms with Crippen LogP contribution in [-0.2, 0) is 20.2 Å². The number of nitrogens with one attached hydrogen (secondary N) is 4. The molecule has 9 heteroatoms. The van der Waals surface area contributed by atoms with Crippen molar-refractivity contribution in [2.45, 2.75) is 38.3 Å². The molecule has 0 spiro atoms. The smallest absolute Gasteiger partial charge is 0.235 e. The van der Waals surface area contributed by atoms with Crippen LogP contribution < -0.4 is 25.4 Å². The summed E-state index contributed by atoms with van der Waals surface area (Å²) in [6.45, 7) is 4.08. The Morgan fingerprint density at radius 3 is 2.33 bits per heavy atom. The van der Waals surface area contributed by atoms with Gasteiger partial charge in [-0.25, -0.2) is 8.42 Å². The Morgan fingerprint density at radius 2 is 1.73 bits per heavy atom. The van der Waals surface area contributed by atoms with E-state index in [9.17, 15) is 13.2 Å². The van der Waals surface area contributed by atoms with Gasteiger partial charge < -0.3 is 20.7 Å². The van der Waals surface area contributed by atoms with Gasteiger partial charge in [-0.05, 0) is 42.7 Å². The van der Waals surface area contributed by atoms with Crippen molar-refractivity contribution in [1.29, 1.82) is 0 Å². The van der Waals surface area contributed by atoms with Gasteiger partial charge in [0, 0.05) is 17.3 Å². The molecule has 160 valence electrons. The number of sulfonamides is 1. The fourth-order valence-corrected chi connectivity index (χ4v) is 4.94. The molecule has 1 unspecified atom stereocenters. The van der Waals surface area contributed by atoms with E-state index in [1.165, 1.54) is 0 Å². The largest absolute Gasteiger partial charge is 0.496 e. The minimum atomic E-state index is -3.38. The number of hydrogen-bond donors (Lipinski definition) is 4. The number of fused-ring (bicyclic) bond motifs is 2. The Kier molecular flexibility index (Phi) is 4.80. The summed E-state index contributed by atoms with van der Waals surface area (Å²) in [4.78, 5) is 12.6. The predicted molar refractivity (Wildman–Crippen MR) is 119 cm³/mol. The fraction of sp³-hybridized carbons (Fsp3) is 0.381. The molecule has 0 saturated heterocycles. The summed E-state index contributed by atoms with van der Waals surface area (Å²) >= 11 is 0. The highest BCUT2D eigenvalue weighted by molar-refractivity contribution is 7.92. The minimum Gasteiger partial charge on any atom is -0.496 e. The van der Waals surface area contributed by atoms with Gasteiger partial charge in [-0.3, -0.25) is 9.52 Å². The fourth-order valence-electron chi connectivity index (χ4n) is 4.38. The van der Waals surface area contributed by atoms with Gasteiger partial charge >= 0.3 is 0 Å². The van der Waals surface area contributed by atoms with Crippen molar-refractivity contribution in [3.8, 4) is 5.75 Å². The van der Waals surface area contributed by atoms with Gasteiger partial charge in [0.25, 0.3) is 0 Å². The lowest BCUT2D eigenvalue weighted by Crippen LogP contribution is -2.32. The van der Waals surface area contributed by atoms with Gasteiger partial charge in [0.1, 0.15) is 11.9 Å². The van der Waals surface area contributed by atoms with Crippen LogP contribution in [0.2, 0.25) is 0 Å². The zero-order chi connectivity index (χ0) is 21.7. The van der Waals surface area contributed by atoms with Crippen molar-refractivity contribution < 1.29 is 17.9 Å². The molecule has 2 aromatic rings. The summed E-state index contributed by atoms with van der Waals surface area (Å²) < 4.78 is 31.0. The third-order valence-electron chi connectivity index (χ3n) is 6.01. The topological polar surface area (TPSA) is 109 Å². The van der Waals surface area contributed by atoms with Crippen molar-refractivity contribution in [3.63, 3.8) is 0 Å². The molecule has 8 nitrogen and oxygen atoms in total. The lowest BCUT2D eigenvalue weighted by atomic mass is 9.77. The van der Waals surface area contributed by atoms with Crippen molar-refractivity contribution in [3.05, 3.63) is 41.5 Å². The number of hydrogen-bond acceptors (Lipinski definition) is 6. The van der Waals surface area contributed by atoms with E-state index in [2.05, 4.69) is 26.7 Å². The summed E-state index contributed by atoms with van der Waals surface area (Å²) in [6.07, 6.45) is 2.33. The first-order valence-electron chi connectivity index (χ1n) is 9.89. The predicted octanol–water partition coefficient (Wildman–Crippen LogP) is 3.61. The molecule has 2 heterocycles. The molecule has 0 aromatic heterocycles. The molecule has 4 N–H and O–H groups in total. The Morgan fingerprint density at radius 1 is 1.07 bits per heavy atom. The van der Waals surface area contributed by atoms with Crippen LogP contribution in [-0.4, -0.2) is 27.7 Å². The lowest BCUT2D eigenvalue weighted by molar-refractivity contribution is -0.121. The molecule has 0 radical (unpaired) electrons. The van der Waals surface area contributed by atoms with E-state index < -0.39 is 15.4 Å². The quantitative estimate of drug-likeness (QED) is 0.558. The van der Waals surface area contributed by atoms with E-state index in [-0.39, 0.29) is 12.1 Å². The highest BCUT2D eigenvalue weighted by Gasteiger charge is 2.45. The number of carbonyl (C=O) groups is 1. The van der Waals surface area contributed by atoms with Crippen molar-refractivity contribution in [2.24, 2.45) is 0 Å². The lowest BCUT2D eigenvalue weighted by Gasteiger charge is -2.24. The van der Waals surface area contributed by atoms with Crippen LogP contribution in [0.3, 0.4) is 0 Å². The molecular weight excluding hydrogens is 404 g/mol. The molecule has 2 aromatic carbocycles. The van der Waals surface area contributed by atoms with Gasteiger partial charge in [-0.15, -0.1) is 0 Å². The molecule has 30 heavy (non-hydrogen) atoms. The van der Waals surface area contributed by atoms with E-state index in [0.717, 1.165) is 47.3 Å². The first-order valence-corrected chi connectivity index (χ1v) is 11.8. The Hall–Kier alpha value is -2.94. The molecule has 4 rings (SSSR count). The van der Waals surface area contributed by atoms with Gasteiger partial charge in [0.2, 0.25) is 15.9 Å². The number of methoxy groups -OCH3 is 1. The summed E-state index contributed by atoms with van der Waals surface area (Å²) in [7, 11) is -1.83. The first-order chi connectivity index (χ1) is 14.2. The maximum absolute atomic E-state index is 12.6. The second kappa shape index (κ2) is 7.09. The van der Waals surface area contributed by atoms with E-state index in [4.69, 9.17) is 4.74 Å². The van der Waals surface area contributed by atoms with Gasteiger partial charge in [0.05, 0.1) is 35.8 Å². The second-order valence-corrected chi connectivity index (χ2v) is 9.49. The second-order valence-electron chi connectivity index (χ2n) is 7.74. The van der Waals surface area contributed by atoms with Crippen LogP contribution in [0.1, 0.15) is 44.0 Å². The Labute approximate surface area is 176 Å².